The molecule has 2 aromatic heterocycles. The van der Waals surface area contributed by atoms with Crippen molar-refractivity contribution in [3.05, 3.63) is 52.7 Å². The molecule has 9 heteroatoms. The highest BCUT2D eigenvalue weighted by molar-refractivity contribution is 7.18. The smallest absolute Gasteiger partial charge is 0.348 e. The predicted octanol–water partition coefficient (Wildman–Crippen LogP) is 6.23. The van der Waals surface area contributed by atoms with Crippen molar-refractivity contribution in [2.24, 2.45) is 11.8 Å². The van der Waals surface area contributed by atoms with Gasteiger partial charge in [0, 0.05) is 22.5 Å². The van der Waals surface area contributed by atoms with Crippen LogP contribution in [-0.4, -0.2) is 34.1 Å². The molecule has 0 aliphatic heterocycles. The van der Waals surface area contributed by atoms with Gasteiger partial charge in [0.15, 0.2) is 0 Å². The summed E-state index contributed by atoms with van der Waals surface area (Å²) >= 11 is 1.15. The molecule has 1 aliphatic carbocycles. The number of aromatic carboxylic acids is 1. The molecule has 36 heavy (non-hydrogen) atoms. The van der Waals surface area contributed by atoms with Crippen LogP contribution in [-0.2, 0) is 4.79 Å². The van der Waals surface area contributed by atoms with Crippen LogP contribution in [0.25, 0.3) is 10.4 Å². The van der Waals surface area contributed by atoms with Gasteiger partial charge < -0.3 is 19.8 Å². The van der Waals surface area contributed by atoms with Crippen molar-refractivity contribution >= 4 is 40.5 Å². The number of hydrogen-bond donors (Lipinski definition) is 2. The fourth-order valence-corrected chi connectivity index (χ4v) is 5.64. The van der Waals surface area contributed by atoms with E-state index < -0.39 is 5.97 Å². The maximum atomic E-state index is 13.5. The van der Waals surface area contributed by atoms with Gasteiger partial charge in [0.25, 0.3) is 5.91 Å². The molecule has 1 saturated carbocycles. The molecule has 190 valence electrons. The van der Waals surface area contributed by atoms with Gasteiger partial charge >= 0.3 is 5.97 Å². The normalized spacial score (nSPS) is 17.7. The minimum Gasteiger partial charge on any atom is -0.477 e. The number of aromatic nitrogens is 1. The number of nitrogens with one attached hydrogen (secondary N) is 1. The number of aryl methyl sites for hydroxylation is 1. The van der Waals surface area contributed by atoms with Crippen molar-refractivity contribution in [3.63, 3.8) is 0 Å². The summed E-state index contributed by atoms with van der Waals surface area (Å²) in [7, 11) is 0. The third-order valence-corrected chi connectivity index (χ3v) is 7.87. The van der Waals surface area contributed by atoms with E-state index >= 15 is 0 Å². The minimum absolute atomic E-state index is 0.00541. The van der Waals surface area contributed by atoms with E-state index in [0.717, 1.165) is 47.5 Å². The van der Waals surface area contributed by atoms with Crippen LogP contribution in [0.15, 0.2) is 41.1 Å². The van der Waals surface area contributed by atoms with E-state index in [1.54, 1.807) is 30.0 Å². The highest BCUT2D eigenvalue weighted by Crippen LogP contribution is 2.40. The molecule has 1 aliphatic rings. The minimum atomic E-state index is -1.05. The number of carbonyl (C=O) groups is 3. The lowest BCUT2D eigenvalue weighted by atomic mass is 9.82. The van der Waals surface area contributed by atoms with Crippen molar-refractivity contribution in [2.45, 2.75) is 59.4 Å². The van der Waals surface area contributed by atoms with Gasteiger partial charge in [-0.15, -0.1) is 11.3 Å². The lowest BCUT2D eigenvalue weighted by Crippen LogP contribution is -2.42. The second-order valence-electron chi connectivity index (χ2n) is 9.72. The molecule has 0 bridgehead atoms. The molecule has 8 nitrogen and oxygen atoms in total. The van der Waals surface area contributed by atoms with Crippen molar-refractivity contribution in [1.82, 2.24) is 5.16 Å². The van der Waals surface area contributed by atoms with Crippen LogP contribution in [0.3, 0.4) is 0 Å². The van der Waals surface area contributed by atoms with Gasteiger partial charge in [-0.1, -0.05) is 24.2 Å². The van der Waals surface area contributed by atoms with Crippen LogP contribution in [0.5, 0.6) is 0 Å². The van der Waals surface area contributed by atoms with Crippen LogP contribution in [0, 0.1) is 18.8 Å². The van der Waals surface area contributed by atoms with Crippen LogP contribution in [0.1, 0.15) is 72.2 Å². The van der Waals surface area contributed by atoms with Crippen molar-refractivity contribution in [1.29, 1.82) is 0 Å². The van der Waals surface area contributed by atoms with E-state index in [2.05, 4.69) is 17.4 Å². The quantitative estimate of drug-likeness (QED) is 0.390. The molecular formula is C27H31N3O5S. The Hall–Kier alpha value is -3.46. The van der Waals surface area contributed by atoms with Crippen molar-refractivity contribution in [3.8, 4) is 10.4 Å². The second kappa shape index (κ2) is 10.7. The molecule has 0 unspecified atom stereocenters. The van der Waals surface area contributed by atoms with Crippen molar-refractivity contribution < 1.29 is 24.0 Å². The Bertz CT molecular complexity index is 1250. The van der Waals surface area contributed by atoms with E-state index in [1.807, 2.05) is 26.0 Å². The average Bonchev–Trinajstić information content (AvgIpc) is 3.47. The van der Waals surface area contributed by atoms with E-state index in [1.165, 1.54) is 6.20 Å². The summed E-state index contributed by atoms with van der Waals surface area (Å²) in [5.41, 5.74) is 2.20. The number of thiophene rings is 1. The zero-order valence-corrected chi connectivity index (χ0v) is 21.7. The first-order valence-electron chi connectivity index (χ1n) is 12.2. The molecule has 1 aromatic carbocycles. The molecule has 0 atom stereocenters. The van der Waals surface area contributed by atoms with Gasteiger partial charge in [0.2, 0.25) is 5.91 Å². The van der Waals surface area contributed by atoms with Crippen LogP contribution >= 0.6 is 11.3 Å². The zero-order chi connectivity index (χ0) is 26.0. The first kappa shape index (κ1) is 25.6. The third kappa shape index (κ3) is 5.36. The molecule has 2 amide bonds. The van der Waals surface area contributed by atoms with Gasteiger partial charge in [0.05, 0.1) is 11.9 Å². The molecule has 3 aromatic rings. The topological polar surface area (TPSA) is 113 Å². The van der Waals surface area contributed by atoms with E-state index in [9.17, 15) is 19.5 Å². The molecule has 2 heterocycles. The maximum Gasteiger partial charge on any atom is 0.348 e. The fraction of sp³-hybridized carbons (Fsp3) is 0.407. The van der Waals surface area contributed by atoms with E-state index in [0.29, 0.717) is 28.6 Å². The molecule has 0 spiro atoms. The fourth-order valence-electron chi connectivity index (χ4n) is 4.64. The summed E-state index contributed by atoms with van der Waals surface area (Å²) in [6.07, 6.45) is 5.08. The molecular weight excluding hydrogens is 478 g/mol. The summed E-state index contributed by atoms with van der Waals surface area (Å²) < 4.78 is 4.94. The molecule has 2 N–H and O–H groups in total. The number of amides is 2. The zero-order valence-electron chi connectivity index (χ0n) is 20.9. The highest BCUT2D eigenvalue weighted by atomic mass is 32.1. The number of hydrogen-bond acceptors (Lipinski definition) is 6. The van der Waals surface area contributed by atoms with E-state index in [4.69, 9.17) is 4.52 Å². The summed E-state index contributed by atoms with van der Waals surface area (Å²) in [6, 6.07) is 8.78. The largest absolute Gasteiger partial charge is 0.477 e. The van der Waals surface area contributed by atoms with Gasteiger partial charge in [0.1, 0.15) is 16.2 Å². The Morgan fingerprint density at radius 1 is 1.14 bits per heavy atom. The van der Waals surface area contributed by atoms with Crippen LogP contribution in [0.2, 0.25) is 0 Å². The molecule has 0 saturated heterocycles. The number of carboxylic acids is 1. The molecule has 4 rings (SSSR count). The number of nitrogens with zero attached hydrogens (tertiary/aromatic N) is 2. The second-order valence-corrected chi connectivity index (χ2v) is 10.8. The standard InChI is InChI=1S/C27H31N3O5S/c1-15(2)30(26(32)19-7-5-16(3)6-8-19)22-13-23(36-24(22)27(33)34)18-9-11-20(12-10-18)29-25(31)21-14-28-35-17(21)4/h9-16,19H,5-8H2,1-4H3,(H,29,31)(H,33,34)/t16-,19-. The Balaban J connectivity index is 1.59. The molecule has 0 radical (unpaired) electrons. The lowest BCUT2D eigenvalue weighted by molar-refractivity contribution is -0.123. The third-order valence-electron chi connectivity index (χ3n) is 6.71. The highest BCUT2D eigenvalue weighted by Gasteiger charge is 2.33. The lowest BCUT2D eigenvalue weighted by Gasteiger charge is -2.33. The first-order valence-corrected chi connectivity index (χ1v) is 13.0. The number of benzene rings is 1. The average molecular weight is 510 g/mol. The Kier molecular flexibility index (Phi) is 7.59. The Labute approximate surface area is 214 Å². The van der Waals surface area contributed by atoms with Gasteiger partial charge in [-0.2, -0.15) is 0 Å². The number of carboxylic acid groups (broad SMARTS) is 1. The summed E-state index contributed by atoms with van der Waals surface area (Å²) in [5, 5.41) is 16.4. The Morgan fingerprint density at radius 2 is 1.81 bits per heavy atom. The van der Waals surface area contributed by atoms with Crippen LogP contribution in [0.4, 0.5) is 11.4 Å². The maximum absolute atomic E-state index is 13.5. The van der Waals surface area contributed by atoms with Gasteiger partial charge in [-0.3, -0.25) is 9.59 Å². The van der Waals surface area contributed by atoms with Gasteiger partial charge in [-0.05, 0) is 76.1 Å². The van der Waals surface area contributed by atoms with Crippen molar-refractivity contribution in [2.75, 3.05) is 10.2 Å². The number of anilines is 2. The first-order chi connectivity index (χ1) is 17.2. The number of rotatable bonds is 7. The summed E-state index contributed by atoms with van der Waals surface area (Å²) in [6.45, 7) is 7.71. The van der Waals surface area contributed by atoms with Gasteiger partial charge in [-0.25, -0.2) is 4.79 Å². The summed E-state index contributed by atoms with van der Waals surface area (Å²) in [4.78, 5) is 40.7. The SMILES string of the molecule is Cc1oncc1C(=O)Nc1ccc(-c2cc(N(C(=O)[C@H]3CC[C@H](C)CC3)C(C)C)c(C(=O)O)s2)cc1. The predicted molar refractivity (Wildman–Crippen MR) is 140 cm³/mol. The van der Waals surface area contributed by atoms with E-state index in [-0.39, 0.29) is 28.7 Å². The van der Waals surface area contributed by atoms with Crippen LogP contribution < -0.4 is 10.2 Å². The molecule has 1 fully saturated rings. The monoisotopic (exact) mass is 509 g/mol. The Morgan fingerprint density at radius 3 is 2.36 bits per heavy atom. The number of carbonyl (C=O) groups excluding carboxylic acids is 2. The summed E-state index contributed by atoms with van der Waals surface area (Å²) in [5.74, 6) is -0.391.